The zero-order chi connectivity index (χ0) is 27.9. The number of nitrogens with two attached hydrogens (primary N) is 1. The van der Waals surface area contributed by atoms with Crippen molar-refractivity contribution in [3.63, 3.8) is 0 Å². The first kappa shape index (κ1) is 30.2. The molecule has 0 aliphatic carbocycles. The van der Waals surface area contributed by atoms with Crippen LogP contribution in [0.3, 0.4) is 0 Å². The molecule has 0 spiro atoms. The molecule has 0 saturated carbocycles. The summed E-state index contributed by atoms with van der Waals surface area (Å²) in [5.41, 5.74) is 12.5. The van der Waals surface area contributed by atoms with Crippen LogP contribution in [-0.4, -0.2) is 10.2 Å². The first-order valence-corrected chi connectivity index (χ1v) is 13.6. The third kappa shape index (κ3) is 7.28. The lowest BCUT2D eigenvalue weighted by molar-refractivity contribution is 0.421. The Bertz CT molecular complexity index is 983. The number of hydrogen-bond acceptors (Lipinski definition) is 3. The van der Waals surface area contributed by atoms with E-state index in [4.69, 9.17) is 5.73 Å². The smallest absolute Gasteiger partial charge is 0.123 e. The minimum Gasteiger partial charge on any atom is -0.507 e. The fourth-order valence-electron chi connectivity index (χ4n) is 4.86. The summed E-state index contributed by atoms with van der Waals surface area (Å²) in [7, 11) is 0. The second-order valence-corrected chi connectivity index (χ2v) is 14.9. The van der Waals surface area contributed by atoms with E-state index in [1.165, 1.54) is 5.56 Å². The fraction of sp³-hybridized carbons (Fsp3) is 0.636. The molecule has 0 amide bonds. The van der Waals surface area contributed by atoms with Gasteiger partial charge in [0.25, 0.3) is 0 Å². The van der Waals surface area contributed by atoms with Crippen molar-refractivity contribution in [2.45, 2.75) is 136 Å². The van der Waals surface area contributed by atoms with Crippen molar-refractivity contribution in [3.05, 3.63) is 57.6 Å². The quantitative estimate of drug-likeness (QED) is 0.351. The van der Waals surface area contributed by atoms with Gasteiger partial charge in [-0.1, -0.05) is 114 Å². The van der Waals surface area contributed by atoms with Crippen LogP contribution in [-0.2, 0) is 28.1 Å². The molecule has 0 heterocycles. The van der Waals surface area contributed by atoms with Gasteiger partial charge in [0.1, 0.15) is 11.5 Å². The lowest BCUT2D eigenvalue weighted by atomic mass is 9.77. The van der Waals surface area contributed by atoms with Gasteiger partial charge in [0.15, 0.2) is 0 Å². The highest BCUT2D eigenvalue weighted by molar-refractivity contribution is 5.51. The van der Waals surface area contributed by atoms with Crippen LogP contribution < -0.4 is 5.73 Å². The van der Waals surface area contributed by atoms with Crippen molar-refractivity contribution in [2.75, 3.05) is 0 Å². The number of phenols is 2. The summed E-state index contributed by atoms with van der Waals surface area (Å²) in [6.45, 7) is 25.8. The van der Waals surface area contributed by atoms with Gasteiger partial charge in [-0.15, -0.1) is 0 Å². The lowest BCUT2D eigenvalue weighted by Gasteiger charge is -2.29. The SMILES string of the molecule is CC(C)(C)c1cc(CCCCC(N)c2cc(C(C)(C)C)c(O)c(C(C)(C)C)c2)cc(C(C)(C)C)c1O. The standard InChI is InChI=1S/C33H53NO2/c1-30(2,3)23-17-21(18-24(28(23)35)31(4,5)6)15-13-14-16-27(34)22-19-25(32(7,8)9)29(36)26(20-22)33(10,11)12/h17-20,27,35-36H,13-16,34H2,1-12H3. The summed E-state index contributed by atoms with van der Waals surface area (Å²) in [6, 6.07) is 8.54. The van der Waals surface area contributed by atoms with Gasteiger partial charge in [0.05, 0.1) is 0 Å². The molecule has 3 heteroatoms. The molecule has 0 aromatic heterocycles. The third-order valence-electron chi connectivity index (χ3n) is 7.19. The first-order chi connectivity index (χ1) is 16.1. The predicted octanol–water partition coefficient (Wildman–Crippen LogP) is 8.70. The van der Waals surface area contributed by atoms with Gasteiger partial charge in [-0.05, 0) is 74.3 Å². The van der Waals surface area contributed by atoms with Crippen LogP contribution in [0.5, 0.6) is 11.5 Å². The maximum Gasteiger partial charge on any atom is 0.123 e. The second kappa shape index (κ2) is 10.4. The summed E-state index contributed by atoms with van der Waals surface area (Å²) in [5.74, 6) is 0.847. The van der Waals surface area contributed by atoms with Crippen molar-refractivity contribution in [1.82, 2.24) is 0 Å². The van der Waals surface area contributed by atoms with E-state index < -0.39 is 0 Å². The average molecular weight is 496 g/mol. The molecule has 0 fully saturated rings. The topological polar surface area (TPSA) is 66.5 Å². The molecule has 1 unspecified atom stereocenters. The molecule has 0 aliphatic rings. The Morgan fingerprint density at radius 3 is 1.25 bits per heavy atom. The first-order valence-electron chi connectivity index (χ1n) is 13.6. The summed E-state index contributed by atoms with van der Waals surface area (Å²) >= 11 is 0. The van der Waals surface area contributed by atoms with Crippen LogP contribution in [0.1, 0.15) is 142 Å². The van der Waals surface area contributed by atoms with Crippen molar-refractivity contribution < 1.29 is 10.2 Å². The lowest BCUT2D eigenvalue weighted by Crippen LogP contribution is -2.20. The van der Waals surface area contributed by atoms with Crippen molar-refractivity contribution in [1.29, 1.82) is 0 Å². The maximum absolute atomic E-state index is 11.0. The molecular weight excluding hydrogens is 442 g/mol. The van der Waals surface area contributed by atoms with Crippen LogP contribution >= 0.6 is 0 Å². The largest absolute Gasteiger partial charge is 0.507 e. The van der Waals surface area contributed by atoms with Gasteiger partial charge in [0.2, 0.25) is 0 Å². The van der Waals surface area contributed by atoms with E-state index in [1.54, 1.807) is 0 Å². The number of rotatable bonds is 6. The number of benzene rings is 2. The highest BCUT2D eigenvalue weighted by Crippen LogP contribution is 2.42. The number of phenolic OH excluding ortho intramolecular Hbond substituents is 2. The van der Waals surface area contributed by atoms with Gasteiger partial charge in [-0.25, -0.2) is 0 Å². The summed E-state index contributed by atoms with van der Waals surface area (Å²) in [4.78, 5) is 0. The molecule has 2 aromatic carbocycles. The predicted molar refractivity (Wildman–Crippen MR) is 155 cm³/mol. The van der Waals surface area contributed by atoms with Crippen LogP contribution in [0, 0.1) is 0 Å². The molecule has 0 bridgehead atoms. The summed E-state index contributed by atoms with van der Waals surface area (Å²) in [6.07, 6.45) is 3.93. The van der Waals surface area contributed by atoms with Gasteiger partial charge in [-0.2, -0.15) is 0 Å². The number of aromatic hydroxyl groups is 2. The van der Waals surface area contributed by atoms with Crippen molar-refractivity contribution in [2.24, 2.45) is 5.73 Å². The van der Waals surface area contributed by atoms with E-state index in [9.17, 15) is 10.2 Å². The van der Waals surface area contributed by atoms with Gasteiger partial charge in [-0.3, -0.25) is 0 Å². The van der Waals surface area contributed by atoms with Crippen LogP contribution in [0.15, 0.2) is 24.3 Å². The maximum atomic E-state index is 11.0. The summed E-state index contributed by atoms with van der Waals surface area (Å²) < 4.78 is 0. The van der Waals surface area contributed by atoms with Crippen LogP contribution in [0.2, 0.25) is 0 Å². The minimum absolute atomic E-state index is 0.0668. The second-order valence-electron chi connectivity index (χ2n) is 14.9. The molecule has 3 nitrogen and oxygen atoms in total. The van der Waals surface area contributed by atoms with Gasteiger partial charge in [0, 0.05) is 6.04 Å². The molecule has 2 aromatic rings. The van der Waals surface area contributed by atoms with Crippen molar-refractivity contribution >= 4 is 0 Å². The molecule has 1 atom stereocenters. The Morgan fingerprint density at radius 2 is 0.917 bits per heavy atom. The fourth-order valence-corrected chi connectivity index (χ4v) is 4.86. The molecule has 0 aliphatic heterocycles. The number of hydrogen-bond donors (Lipinski definition) is 3. The molecule has 4 N–H and O–H groups in total. The molecule has 0 saturated heterocycles. The Balaban J connectivity index is 2.22. The van der Waals surface area contributed by atoms with E-state index >= 15 is 0 Å². The Hall–Kier alpha value is -2.00. The normalized spacial score (nSPS) is 14.2. The highest BCUT2D eigenvalue weighted by Gasteiger charge is 2.28. The Morgan fingerprint density at radius 1 is 0.583 bits per heavy atom. The Kier molecular flexibility index (Phi) is 8.73. The van der Waals surface area contributed by atoms with E-state index in [0.29, 0.717) is 11.5 Å². The molecule has 0 radical (unpaired) electrons. The van der Waals surface area contributed by atoms with Crippen LogP contribution in [0.25, 0.3) is 0 Å². The molecular formula is C33H53NO2. The van der Waals surface area contributed by atoms with E-state index in [1.807, 2.05) is 0 Å². The number of unbranched alkanes of at least 4 members (excludes halogenated alkanes) is 1. The minimum atomic E-state index is -0.159. The molecule has 36 heavy (non-hydrogen) atoms. The number of aryl methyl sites for hydroxylation is 1. The zero-order valence-electron chi connectivity index (χ0n) is 25.2. The van der Waals surface area contributed by atoms with Gasteiger partial charge >= 0.3 is 0 Å². The zero-order valence-corrected chi connectivity index (χ0v) is 25.2. The average Bonchev–Trinajstić information content (AvgIpc) is 2.68. The van der Waals surface area contributed by atoms with Gasteiger partial charge < -0.3 is 15.9 Å². The van der Waals surface area contributed by atoms with E-state index in [-0.39, 0.29) is 27.7 Å². The molecule has 2 rings (SSSR count). The van der Waals surface area contributed by atoms with E-state index in [2.05, 4.69) is 107 Å². The molecule has 202 valence electrons. The monoisotopic (exact) mass is 495 g/mol. The summed E-state index contributed by atoms with van der Waals surface area (Å²) in [5, 5.41) is 22.0. The highest BCUT2D eigenvalue weighted by atomic mass is 16.3. The van der Waals surface area contributed by atoms with E-state index in [0.717, 1.165) is 53.5 Å². The third-order valence-corrected chi connectivity index (χ3v) is 7.19. The van der Waals surface area contributed by atoms with Crippen molar-refractivity contribution in [3.8, 4) is 11.5 Å². The van der Waals surface area contributed by atoms with Crippen LogP contribution in [0.4, 0.5) is 0 Å². The Labute approximate surface area is 221 Å².